The molecule has 30 heavy (non-hydrogen) atoms. The number of rotatable bonds is 6. The first-order valence-corrected chi connectivity index (χ1v) is 11.3. The fourth-order valence-corrected chi connectivity index (χ4v) is 4.91. The van der Waals surface area contributed by atoms with Gasteiger partial charge in [-0.15, -0.1) is 11.8 Å². The van der Waals surface area contributed by atoms with Gasteiger partial charge in [-0.2, -0.15) is 0 Å². The number of nitrogens with zero attached hydrogens (tertiary/aromatic N) is 1. The molecule has 0 amide bonds. The molecule has 1 atom stereocenters. The SMILES string of the molecule is Cc1cc(C(=O)CSc2cc(Cl)ccc2Cl)c(C)n1C[C@H]1COc2ccccc2O1. The van der Waals surface area contributed by atoms with E-state index in [9.17, 15) is 4.79 Å². The van der Waals surface area contributed by atoms with Crippen molar-refractivity contribution >= 4 is 40.7 Å². The smallest absolute Gasteiger partial charge is 0.174 e. The zero-order chi connectivity index (χ0) is 21.3. The molecular weight excluding hydrogens is 441 g/mol. The first-order chi connectivity index (χ1) is 14.4. The number of aryl methyl sites for hydroxylation is 1. The molecule has 156 valence electrons. The predicted octanol–water partition coefficient (Wildman–Crippen LogP) is 6.23. The van der Waals surface area contributed by atoms with Crippen molar-refractivity contribution in [2.75, 3.05) is 12.4 Å². The third-order valence-electron chi connectivity index (χ3n) is 5.08. The minimum absolute atomic E-state index is 0.0570. The Labute approximate surface area is 190 Å². The van der Waals surface area contributed by atoms with Crippen LogP contribution in [-0.2, 0) is 6.54 Å². The number of hydrogen-bond donors (Lipinski definition) is 0. The molecule has 4 nitrogen and oxygen atoms in total. The molecule has 0 bridgehead atoms. The third kappa shape index (κ3) is 4.48. The summed E-state index contributed by atoms with van der Waals surface area (Å²) in [6.07, 6.45) is -0.118. The molecule has 0 saturated heterocycles. The molecule has 4 rings (SSSR count). The Balaban J connectivity index is 1.45. The Morgan fingerprint density at radius 1 is 1.13 bits per heavy atom. The van der Waals surface area contributed by atoms with Crippen LogP contribution in [0.4, 0.5) is 0 Å². The molecule has 0 N–H and O–H groups in total. The Kier molecular flexibility index (Phi) is 6.32. The van der Waals surface area contributed by atoms with Gasteiger partial charge in [0.15, 0.2) is 23.4 Å². The fraction of sp³-hybridized carbons (Fsp3) is 0.261. The van der Waals surface area contributed by atoms with Crippen LogP contribution in [0.25, 0.3) is 0 Å². The molecule has 0 fully saturated rings. The second-order valence-electron chi connectivity index (χ2n) is 7.18. The zero-order valence-corrected chi connectivity index (χ0v) is 19.0. The van der Waals surface area contributed by atoms with Gasteiger partial charge in [0.05, 0.1) is 17.3 Å². The van der Waals surface area contributed by atoms with Crippen molar-refractivity contribution in [3.8, 4) is 11.5 Å². The number of thioether (sulfide) groups is 1. The van der Waals surface area contributed by atoms with Crippen molar-refractivity contribution < 1.29 is 14.3 Å². The highest BCUT2D eigenvalue weighted by Gasteiger charge is 2.24. The van der Waals surface area contributed by atoms with Crippen molar-refractivity contribution in [2.24, 2.45) is 0 Å². The number of fused-ring (bicyclic) bond motifs is 1. The molecule has 1 aliphatic heterocycles. The number of carbonyl (C=O) groups is 1. The highest BCUT2D eigenvalue weighted by molar-refractivity contribution is 8.00. The van der Waals surface area contributed by atoms with Crippen LogP contribution in [-0.4, -0.2) is 28.8 Å². The van der Waals surface area contributed by atoms with E-state index in [4.69, 9.17) is 32.7 Å². The van der Waals surface area contributed by atoms with E-state index in [1.807, 2.05) is 44.2 Å². The van der Waals surface area contributed by atoms with Crippen LogP contribution in [0.3, 0.4) is 0 Å². The summed E-state index contributed by atoms with van der Waals surface area (Å²) in [5, 5.41) is 1.20. The normalized spacial score (nSPS) is 15.3. The number of ketones is 1. The molecule has 0 aliphatic carbocycles. The van der Waals surface area contributed by atoms with E-state index in [0.717, 1.165) is 33.3 Å². The van der Waals surface area contributed by atoms with Gasteiger partial charge in [-0.1, -0.05) is 35.3 Å². The second-order valence-corrected chi connectivity index (χ2v) is 9.04. The van der Waals surface area contributed by atoms with E-state index < -0.39 is 0 Å². The van der Waals surface area contributed by atoms with Gasteiger partial charge in [0.2, 0.25) is 0 Å². The Hall–Kier alpha value is -2.08. The highest BCUT2D eigenvalue weighted by atomic mass is 35.5. The van der Waals surface area contributed by atoms with Crippen molar-refractivity contribution in [3.63, 3.8) is 0 Å². The summed E-state index contributed by atoms with van der Waals surface area (Å²) in [7, 11) is 0. The number of halogens is 2. The number of carbonyl (C=O) groups excluding carboxylic acids is 1. The summed E-state index contributed by atoms with van der Waals surface area (Å²) < 4.78 is 14.0. The van der Waals surface area contributed by atoms with Gasteiger partial charge < -0.3 is 14.0 Å². The Morgan fingerprint density at radius 2 is 1.90 bits per heavy atom. The molecule has 1 aromatic heterocycles. The summed E-state index contributed by atoms with van der Waals surface area (Å²) in [6, 6.07) is 14.9. The van der Waals surface area contributed by atoms with Crippen molar-refractivity contribution in [3.05, 3.63) is 75.5 Å². The predicted molar refractivity (Wildman–Crippen MR) is 122 cm³/mol. The lowest BCUT2D eigenvalue weighted by Crippen LogP contribution is -2.33. The van der Waals surface area contributed by atoms with E-state index in [-0.39, 0.29) is 11.9 Å². The maximum absolute atomic E-state index is 12.9. The van der Waals surface area contributed by atoms with Crippen LogP contribution >= 0.6 is 35.0 Å². The van der Waals surface area contributed by atoms with Crippen LogP contribution in [0.5, 0.6) is 11.5 Å². The van der Waals surface area contributed by atoms with E-state index >= 15 is 0 Å². The molecule has 2 heterocycles. The average Bonchev–Trinajstić information content (AvgIpc) is 3.02. The second kappa shape index (κ2) is 8.96. The van der Waals surface area contributed by atoms with Gasteiger partial charge in [-0.3, -0.25) is 4.79 Å². The van der Waals surface area contributed by atoms with Gasteiger partial charge in [-0.25, -0.2) is 0 Å². The number of Topliss-reactive ketones (excluding diaryl/α,β-unsaturated/α-hetero) is 1. The van der Waals surface area contributed by atoms with Gasteiger partial charge in [0.1, 0.15) is 6.61 Å². The molecule has 7 heteroatoms. The fourth-order valence-electron chi connectivity index (χ4n) is 3.53. The van der Waals surface area contributed by atoms with Crippen molar-refractivity contribution in [2.45, 2.75) is 31.4 Å². The van der Waals surface area contributed by atoms with Crippen LogP contribution < -0.4 is 9.47 Å². The number of hydrogen-bond acceptors (Lipinski definition) is 4. The van der Waals surface area contributed by atoms with Crippen molar-refractivity contribution in [1.82, 2.24) is 4.57 Å². The first kappa shape index (κ1) is 21.2. The minimum Gasteiger partial charge on any atom is -0.486 e. The number of aromatic nitrogens is 1. The third-order valence-corrected chi connectivity index (χ3v) is 6.81. The number of benzene rings is 2. The maximum atomic E-state index is 12.9. The lowest BCUT2D eigenvalue weighted by atomic mass is 10.2. The van der Waals surface area contributed by atoms with Crippen LogP contribution in [0, 0.1) is 13.8 Å². The summed E-state index contributed by atoms with van der Waals surface area (Å²) >= 11 is 13.6. The van der Waals surface area contributed by atoms with Crippen LogP contribution in [0.15, 0.2) is 53.4 Å². The highest BCUT2D eigenvalue weighted by Crippen LogP contribution is 2.33. The largest absolute Gasteiger partial charge is 0.486 e. The van der Waals surface area contributed by atoms with E-state index in [1.54, 1.807) is 18.2 Å². The van der Waals surface area contributed by atoms with Gasteiger partial charge in [0.25, 0.3) is 0 Å². The minimum atomic E-state index is -0.118. The van der Waals surface area contributed by atoms with Crippen molar-refractivity contribution in [1.29, 1.82) is 0 Å². The number of para-hydroxylation sites is 2. The summed E-state index contributed by atoms with van der Waals surface area (Å²) in [4.78, 5) is 13.7. The number of ether oxygens (including phenoxy) is 2. The summed E-state index contributed by atoms with van der Waals surface area (Å²) in [6.45, 7) is 5.06. The quantitative estimate of drug-likeness (QED) is 0.322. The summed E-state index contributed by atoms with van der Waals surface area (Å²) in [5.41, 5.74) is 2.66. The molecule has 1 aliphatic rings. The van der Waals surface area contributed by atoms with E-state index in [0.29, 0.717) is 28.9 Å². The lowest BCUT2D eigenvalue weighted by Gasteiger charge is -2.27. The Bertz CT molecular complexity index is 1100. The first-order valence-electron chi connectivity index (χ1n) is 9.58. The molecule has 0 unspecified atom stereocenters. The van der Waals surface area contributed by atoms with Crippen LogP contribution in [0.1, 0.15) is 21.7 Å². The molecular formula is C23H21Cl2NO3S. The van der Waals surface area contributed by atoms with Gasteiger partial charge in [0, 0.05) is 26.9 Å². The average molecular weight is 462 g/mol. The molecule has 3 aromatic rings. The van der Waals surface area contributed by atoms with E-state index in [2.05, 4.69) is 4.57 Å². The van der Waals surface area contributed by atoms with E-state index in [1.165, 1.54) is 11.8 Å². The molecule has 0 saturated carbocycles. The zero-order valence-electron chi connectivity index (χ0n) is 16.7. The molecule has 0 radical (unpaired) electrons. The topological polar surface area (TPSA) is 40.5 Å². The van der Waals surface area contributed by atoms with Crippen LogP contribution in [0.2, 0.25) is 10.0 Å². The maximum Gasteiger partial charge on any atom is 0.174 e. The van der Waals surface area contributed by atoms with Gasteiger partial charge >= 0.3 is 0 Å². The Morgan fingerprint density at radius 3 is 2.70 bits per heavy atom. The molecule has 0 spiro atoms. The summed E-state index contributed by atoms with van der Waals surface area (Å²) in [5.74, 6) is 1.87. The standard InChI is InChI=1S/C23H21Cl2NO3S/c1-14-9-18(20(27)13-30-23-10-16(24)7-8-19(23)25)15(2)26(14)11-17-12-28-21-5-3-4-6-22(21)29-17/h3-10,17H,11-13H2,1-2H3/t17-/m0/s1. The molecule has 2 aromatic carbocycles. The lowest BCUT2D eigenvalue weighted by molar-refractivity contribution is 0.0777. The monoisotopic (exact) mass is 461 g/mol. The van der Waals surface area contributed by atoms with Gasteiger partial charge in [-0.05, 0) is 50.2 Å².